The maximum atomic E-state index is 11.0. The normalized spacial score (nSPS) is 12.0. The molecular weight excluding hydrogens is 358 g/mol. The molecule has 128 valence electrons. The second-order valence-electron chi connectivity index (χ2n) is 4.23. The number of halogens is 1. The van der Waals surface area contributed by atoms with Gasteiger partial charge in [0.25, 0.3) is 0 Å². The zero-order chi connectivity index (χ0) is 15.9. The molecule has 1 aromatic heterocycles. The highest BCUT2D eigenvalue weighted by atomic mass is 35.5. The van der Waals surface area contributed by atoms with Gasteiger partial charge in [0.05, 0.1) is 6.61 Å². The van der Waals surface area contributed by atoms with Gasteiger partial charge in [-0.25, -0.2) is 4.98 Å². The van der Waals surface area contributed by atoms with Gasteiger partial charge in [-0.3, -0.25) is 14.4 Å². The van der Waals surface area contributed by atoms with Crippen LogP contribution in [0.2, 0.25) is 0 Å². The van der Waals surface area contributed by atoms with Crippen LogP contribution in [-0.4, -0.2) is 43.2 Å². The molecular formula is C10H19ClN2O7P2. The lowest BCUT2D eigenvalue weighted by Gasteiger charge is -2.20. The first kappa shape index (κ1) is 21.5. The van der Waals surface area contributed by atoms with E-state index in [1.807, 2.05) is 0 Å². The standard InChI is InChI=1S/C10H18N2O7P2.ClH/c13-20(14,15)10(21(16,17)18)12-7-3-4-8-19-9-5-1-2-6-11-9;/h1-2,5-6,10,12H,3-4,7-8H2,(H2,13,14,15)(H2,16,17,18);1H. The van der Waals surface area contributed by atoms with E-state index in [2.05, 4.69) is 10.3 Å². The summed E-state index contributed by atoms with van der Waals surface area (Å²) in [7, 11) is -9.83. The molecule has 1 rings (SSSR count). The average molecular weight is 377 g/mol. The van der Waals surface area contributed by atoms with E-state index in [1.54, 1.807) is 24.4 Å². The van der Waals surface area contributed by atoms with Crippen LogP contribution in [0.4, 0.5) is 0 Å². The molecule has 0 aliphatic rings. The Labute approximate surface area is 133 Å². The number of nitrogens with zero attached hydrogens (tertiary/aromatic N) is 1. The van der Waals surface area contributed by atoms with E-state index in [0.29, 0.717) is 25.3 Å². The summed E-state index contributed by atoms with van der Waals surface area (Å²) in [4.78, 5) is 39.5. The van der Waals surface area contributed by atoms with Crippen LogP contribution in [0.15, 0.2) is 24.4 Å². The minimum Gasteiger partial charge on any atom is -0.478 e. The first-order valence-electron chi connectivity index (χ1n) is 6.09. The Morgan fingerprint density at radius 3 is 2.27 bits per heavy atom. The molecule has 9 nitrogen and oxygen atoms in total. The molecule has 0 bridgehead atoms. The van der Waals surface area contributed by atoms with Crippen molar-refractivity contribution in [2.75, 3.05) is 13.2 Å². The monoisotopic (exact) mass is 376 g/mol. The van der Waals surface area contributed by atoms with E-state index in [1.165, 1.54) is 0 Å². The summed E-state index contributed by atoms with van der Waals surface area (Å²) in [5, 5.41) is 2.20. The lowest BCUT2D eigenvalue weighted by atomic mass is 10.3. The van der Waals surface area contributed by atoms with Gasteiger partial charge in [0, 0.05) is 12.3 Å². The van der Waals surface area contributed by atoms with E-state index < -0.39 is 20.7 Å². The Bertz CT molecular complexity index is 499. The van der Waals surface area contributed by atoms with Crippen molar-refractivity contribution in [3.05, 3.63) is 24.4 Å². The van der Waals surface area contributed by atoms with Gasteiger partial charge < -0.3 is 24.3 Å². The molecule has 5 N–H and O–H groups in total. The summed E-state index contributed by atoms with van der Waals surface area (Å²) >= 11 is 0. The number of unbranched alkanes of at least 4 members (excludes halogenated alkanes) is 1. The third-order valence-corrected chi connectivity index (χ3v) is 5.87. The lowest BCUT2D eigenvalue weighted by molar-refractivity contribution is 0.293. The molecule has 0 aromatic carbocycles. The molecule has 0 aliphatic heterocycles. The van der Waals surface area contributed by atoms with E-state index in [4.69, 9.17) is 24.3 Å². The van der Waals surface area contributed by atoms with Crippen LogP contribution in [0.25, 0.3) is 0 Å². The van der Waals surface area contributed by atoms with E-state index in [9.17, 15) is 9.13 Å². The third-order valence-electron chi connectivity index (χ3n) is 2.42. The van der Waals surface area contributed by atoms with Crippen LogP contribution in [0.5, 0.6) is 5.88 Å². The van der Waals surface area contributed by atoms with Crippen molar-refractivity contribution in [2.45, 2.75) is 18.4 Å². The van der Waals surface area contributed by atoms with Crippen molar-refractivity contribution in [3.8, 4) is 5.88 Å². The molecule has 0 atom stereocenters. The molecule has 1 heterocycles. The molecule has 0 aliphatic carbocycles. The van der Waals surface area contributed by atoms with Gasteiger partial charge in [-0.2, -0.15) is 0 Å². The molecule has 0 saturated carbocycles. The summed E-state index contributed by atoms with van der Waals surface area (Å²) in [6, 6.07) is 5.21. The Hall–Kier alpha value is -0.500. The van der Waals surface area contributed by atoms with Crippen molar-refractivity contribution >= 4 is 27.6 Å². The fraction of sp³-hybridized carbons (Fsp3) is 0.500. The van der Waals surface area contributed by atoms with Crippen LogP contribution in [0.1, 0.15) is 12.8 Å². The van der Waals surface area contributed by atoms with Gasteiger partial charge >= 0.3 is 15.2 Å². The topological polar surface area (TPSA) is 149 Å². The summed E-state index contributed by atoms with van der Waals surface area (Å²) in [6.07, 6.45) is 2.56. The average Bonchev–Trinajstić information content (AvgIpc) is 2.35. The highest BCUT2D eigenvalue weighted by Crippen LogP contribution is 2.58. The summed E-state index contributed by atoms with van der Waals surface area (Å²) in [5.74, 6) is 0.466. The molecule has 0 amide bonds. The van der Waals surface area contributed by atoms with Gasteiger partial charge in [0.2, 0.25) is 11.4 Å². The Morgan fingerprint density at radius 1 is 1.14 bits per heavy atom. The molecule has 0 unspecified atom stereocenters. The SMILES string of the molecule is Cl.O=P(O)(O)C(NCCCCOc1ccccn1)P(=O)(O)O. The van der Waals surface area contributed by atoms with Crippen molar-refractivity contribution in [1.29, 1.82) is 0 Å². The zero-order valence-corrected chi connectivity index (χ0v) is 14.1. The number of hydrogen-bond donors (Lipinski definition) is 5. The van der Waals surface area contributed by atoms with E-state index >= 15 is 0 Å². The highest BCUT2D eigenvalue weighted by molar-refractivity contribution is 7.70. The van der Waals surface area contributed by atoms with Crippen LogP contribution in [0.3, 0.4) is 0 Å². The van der Waals surface area contributed by atoms with Gasteiger partial charge in [-0.05, 0) is 25.5 Å². The van der Waals surface area contributed by atoms with Crippen molar-refractivity contribution in [2.24, 2.45) is 0 Å². The van der Waals surface area contributed by atoms with Crippen molar-refractivity contribution < 1.29 is 33.4 Å². The molecule has 0 saturated heterocycles. The first-order valence-corrected chi connectivity index (χ1v) is 9.45. The number of hydrogen-bond acceptors (Lipinski definition) is 5. The van der Waals surface area contributed by atoms with Crippen molar-refractivity contribution in [3.63, 3.8) is 0 Å². The molecule has 1 aromatic rings. The predicted molar refractivity (Wildman–Crippen MR) is 82.1 cm³/mol. The molecule has 0 fully saturated rings. The number of pyridine rings is 1. The maximum Gasteiger partial charge on any atom is 0.354 e. The largest absolute Gasteiger partial charge is 0.478 e. The predicted octanol–water partition coefficient (Wildman–Crippen LogP) is 0.891. The lowest BCUT2D eigenvalue weighted by Crippen LogP contribution is -2.30. The van der Waals surface area contributed by atoms with Crippen molar-refractivity contribution in [1.82, 2.24) is 10.3 Å². The third kappa shape index (κ3) is 8.22. The summed E-state index contributed by atoms with van der Waals surface area (Å²) in [6.45, 7) is 0.391. The van der Waals surface area contributed by atoms with Gasteiger partial charge in [-0.1, -0.05) is 6.07 Å². The number of rotatable bonds is 9. The second kappa shape index (κ2) is 9.60. The molecule has 12 heteroatoms. The fourth-order valence-electron chi connectivity index (χ4n) is 1.50. The molecule has 22 heavy (non-hydrogen) atoms. The number of aromatic nitrogens is 1. The number of ether oxygens (including phenoxy) is 1. The van der Waals surface area contributed by atoms with Gasteiger partial charge in [-0.15, -0.1) is 12.4 Å². The minimum atomic E-state index is -4.92. The van der Waals surface area contributed by atoms with Crippen LogP contribution in [-0.2, 0) is 9.13 Å². The van der Waals surface area contributed by atoms with E-state index in [0.717, 1.165) is 0 Å². The van der Waals surface area contributed by atoms with E-state index in [-0.39, 0.29) is 19.0 Å². The minimum absolute atomic E-state index is 0. The van der Waals surface area contributed by atoms with Gasteiger partial charge in [0.15, 0.2) is 0 Å². The Kier molecular flexibility index (Phi) is 9.38. The molecule has 0 spiro atoms. The molecule has 0 radical (unpaired) electrons. The zero-order valence-electron chi connectivity index (χ0n) is 11.5. The highest BCUT2D eigenvalue weighted by Gasteiger charge is 2.42. The van der Waals surface area contributed by atoms with Crippen LogP contribution in [0, 0.1) is 0 Å². The van der Waals surface area contributed by atoms with Crippen LogP contribution >= 0.6 is 27.6 Å². The summed E-state index contributed by atoms with van der Waals surface area (Å²) < 4.78 is 27.3. The summed E-state index contributed by atoms with van der Waals surface area (Å²) in [5.41, 5.74) is -2.17. The quantitative estimate of drug-likeness (QED) is 0.313. The maximum absolute atomic E-state index is 11.0. The Morgan fingerprint density at radius 2 is 1.77 bits per heavy atom. The fourth-order valence-corrected chi connectivity index (χ4v) is 3.80. The first-order chi connectivity index (χ1) is 9.71. The van der Waals surface area contributed by atoms with Gasteiger partial charge in [0.1, 0.15) is 0 Å². The number of nitrogens with one attached hydrogen (secondary N) is 1. The second-order valence-corrected chi connectivity index (χ2v) is 8.03. The van der Waals surface area contributed by atoms with Crippen LogP contribution < -0.4 is 10.1 Å². The Balaban J connectivity index is 0.00000441. The smallest absolute Gasteiger partial charge is 0.354 e.